The van der Waals surface area contributed by atoms with Crippen LogP contribution in [0.15, 0.2) is 10.4 Å². The second-order valence-electron chi connectivity index (χ2n) is 2.80. The molecule has 2 rings (SSSR count). The first-order valence-corrected chi connectivity index (χ1v) is 5.07. The SMILES string of the molecule is COC(=O)c1nsnc1NCN1CNN=N1. The van der Waals surface area contributed by atoms with Crippen LogP contribution in [0.25, 0.3) is 0 Å². The molecule has 1 aliphatic heterocycles. The quantitative estimate of drug-likeness (QED) is 0.708. The Hall–Kier alpha value is -1.97. The minimum atomic E-state index is -0.516. The Morgan fingerprint density at radius 2 is 2.56 bits per heavy atom. The summed E-state index contributed by atoms with van der Waals surface area (Å²) in [5.41, 5.74) is 2.85. The molecule has 1 aliphatic rings. The van der Waals surface area contributed by atoms with Crippen LogP contribution < -0.4 is 10.7 Å². The van der Waals surface area contributed by atoms with Crippen molar-refractivity contribution in [2.45, 2.75) is 0 Å². The zero-order chi connectivity index (χ0) is 11.4. The van der Waals surface area contributed by atoms with E-state index in [-0.39, 0.29) is 5.69 Å². The fourth-order valence-electron chi connectivity index (χ4n) is 1.03. The second kappa shape index (κ2) is 4.70. The van der Waals surface area contributed by atoms with Gasteiger partial charge in [-0.1, -0.05) is 5.22 Å². The smallest absolute Gasteiger partial charge is 0.361 e. The van der Waals surface area contributed by atoms with Gasteiger partial charge in [-0.15, -0.1) is 0 Å². The van der Waals surface area contributed by atoms with E-state index in [1.165, 1.54) is 7.11 Å². The lowest BCUT2D eigenvalue weighted by Crippen LogP contribution is -2.26. The van der Waals surface area contributed by atoms with Gasteiger partial charge in [0.25, 0.3) is 0 Å². The molecule has 2 heterocycles. The number of methoxy groups -OCH3 is 1. The molecule has 0 fully saturated rings. The summed E-state index contributed by atoms with van der Waals surface area (Å²) in [5, 5.41) is 11.9. The van der Waals surface area contributed by atoms with Gasteiger partial charge in [0.15, 0.2) is 5.82 Å². The lowest BCUT2D eigenvalue weighted by molar-refractivity contribution is 0.0596. The van der Waals surface area contributed by atoms with Crippen molar-refractivity contribution < 1.29 is 9.53 Å². The van der Waals surface area contributed by atoms with E-state index in [9.17, 15) is 4.79 Å². The third-order valence-corrected chi connectivity index (χ3v) is 2.32. The predicted octanol–water partition coefficient (Wildman–Crippen LogP) is -0.161. The van der Waals surface area contributed by atoms with Gasteiger partial charge in [0, 0.05) is 0 Å². The lowest BCUT2D eigenvalue weighted by atomic mass is 10.4. The van der Waals surface area contributed by atoms with Gasteiger partial charge < -0.3 is 10.1 Å². The Kier molecular flexibility index (Phi) is 3.10. The molecule has 0 radical (unpaired) electrons. The number of hydrogen-bond acceptors (Lipinski definition) is 10. The molecule has 0 aliphatic carbocycles. The molecule has 0 aromatic carbocycles. The third-order valence-electron chi connectivity index (χ3n) is 1.79. The highest BCUT2D eigenvalue weighted by molar-refractivity contribution is 6.99. The maximum absolute atomic E-state index is 11.3. The minimum Gasteiger partial charge on any atom is -0.464 e. The van der Waals surface area contributed by atoms with Crippen LogP contribution in [0.3, 0.4) is 0 Å². The highest BCUT2D eigenvalue weighted by atomic mass is 32.1. The van der Waals surface area contributed by atoms with E-state index in [0.29, 0.717) is 19.2 Å². The van der Waals surface area contributed by atoms with Gasteiger partial charge in [-0.05, 0) is 5.22 Å². The number of rotatable bonds is 4. The van der Waals surface area contributed by atoms with Crippen LogP contribution in [0.5, 0.6) is 0 Å². The van der Waals surface area contributed by atoms with E-state index < -0.39 is 5.97 Å². The molecule has 0 unspecified atom stereocenters. The van der Waals surface area contributed by atoms with Crippen molar-refractivity contribution >= 4 is 23.5 Å². The van der Waals surface area contributed by atoms with E-state index >= 15 is 0 Å². The summed E-state index contributed by atoms with van der Waals surface area (Å²) >= 11 is 0.941. The van der Waals surface area contributed by atoms with E-state index in [1.807, 2.05) is 0 Å². The number of aromatic nitrogens is 2. The molecule has 1 aromatic heterocycles. The minimum absolute atomic E-state index is 0.177. The normalized spacial score (nSPS) is 13.7. The van der Waals surface area contributed by atoms with E-state index in [0.717, 1.165) is 11.7 Å². The van der Waals surface area contributed by atoms with Crippen molar-refractivity contribution in [2.24, 2.45) is 10.4 Å². The van der Waals surface area contributed by atoms with Crippen LogP contribution in [0.2, 0.25) is 0 Å². The molecule has 0 saturated heterocycles. The molecule has 2 N–H and O–H groups in total. The number of nitrogens with zero attached hydrogens (tertiary/aromatic N) is 5. The predicted molar refractivity (Wildman–Crippen MR) is 54.4 cm³/mol. The Morgan fingerprint density at radius 1 is 1.69 bits per heavy atom. The number of nitrogens with one attached hydrogen (secondary N) is 2. The number of carbonyl (C=O) groups excluding carboxylic acids is 1. The Balaban J connectivity index is 1.95. The van der Waals surface area contributed by atoms with Crippen LogP contribution >= 0.6 is 11.7 Å². The zero-order valence-corrected chi connectivity index (χ0v) is 9.19. The van der Waals surface area contributed by atoms with Crippen molar-refractivity contribution in [3.05, 3.63) is 5.69 Å². The first-order valence-electron chi connectivity index (χ1n) is 4.34. The highest BCUT2D eigenvalue weighted by Gasteiger charge is 2.17. The Morgan fingerprint density at radius 3 is 3.25 bits per heavy atom. The number of hydrogen-bond donors (Lipinski definition) is 2. The van der Waals surface area contributed by atoms with Gasteiger partial charge in [0.05, 0.1) is 18.8 Å². The molecule has 0 bridgehead atoms. The molecule has 10 heteroatoms. The summed E-state index contributed by atoms with van der Waals surface area (Å²) in [6, 6.07) is 0. The average molecular weight is 243 g/mol. The second-order valence-corrected chi connectivity index (χ2v) is 3.33. The molecular formula is C6H9N7O2S. The summed E-state index contributed by atoms with van der Waals surface area (Å²) in [6.07, 6.45) is 0. The maximum atomic E-state index is 11.3. The highest BCUT2D eigenvalue weighted by Crippen LogP contribution is 2.13. The summed E-state index contributed by atoms with van der Waals surface area (Å²) in [7, 11) is 1.30. The molecule has 1 aromatic rings. The van der Waals surface area contributed by atoms with Crippen LogP contribution in [0, 0.1) is 0 Å². The first kappa shape index (κ1) is 10.5. The molecule has 9 nitrogen and oxygen atoms in total. The number of esters is 1. The van der Waals surface area contributed by atoms with Gasteiger partial charge in [-0.25, -0.2) is 9.80 Å². The summed E-state index contributed by atoms with van der Waals surface area (Å²) in [4.78, 5) is 11.3. The van der Waals surface area contributed by atoms with Gasteiger partial charge in [-0.2, -0.15) is 8.75 Å². The molecule has 86 valence electrons. The fourth-order valence-corrected chi connectivity index (χ4v) is 1.54. The third kappa shape index (κ3) is 2.16. The van der Waals surface area contributed by atoms with E-state index in [1.54, 1.807) is 5.01 Å². The molecule has 0 saturated carbocycles. The number of carbonyl (C=O) groups is 1. The largest absolute Gasteiger partial charge is 0.464 e. The van der Waals surface area contributed by atoms with E-state index in [4.69, 9.17) is 0 Å². The van der Waals surface area contributed by atoms with Crippen LogP contribution in [-0.4, -0.2) is 40.2 Å². The average Bonchev–Trinajstić information content (AvgIpc) is 2.96. The van der Waals surface area contributed by atoms with Gasteiger partial charge in [0.1, 0.15) is 13.3 Å². The number of anilines is 1. The van der Waals surface area contributed by atoms with E-state index in [2.05, 4.69) is 34.7 Å². The molecule has 0 amide bonds. The van der Waals surface area contributed by atoms with Gasteiger partial charge >= 0.3 is 5.97 Å². The van der Waals surface area contributed by atoms with Crippen molar-refractivity contribution in [3.8, 4) is 0 Å². The van der Waals surface area contributed by atoms with Crippen molar-refractivity contribution in [2.75, 3.05) is 25.8 Å². The molecular weight excluding hydrogens is 234 g/mol. The van der Waals surface area contributed by atoms with Crippen LogP contribution in [0.1, 0.15) is 10.5 Å². The van der Waals surface area contributed by atoms with Crippen molar-refractivity contribution in [1.82, 2.24) is 19.2 Å². The summed E-state index contributed by atoms with van der Waals surface area (Å²) in [6.45, 7) is 0.893. The van der Waals surface area contributed by atoms with Crippen molar-refractivity contribution in [1.29, 1.82) is 0 Å². The summed E-state index contributed by atoms with van der Waals surface area (Å²) in [5.74, 6) is -0.128. The van der Waals surface area contributed by atoms with Gasteiger partial charge in [-0.3, -0.25) is 5.43 Å². The van der Waals surface area contributed by atoms with Crippen molar-refractivity contribution in [3.63, 3.8) is 0 Å². The Bertz CT molecular complexity index is 405. The topological polar surface area (TPSA) is 104 Å². The molecule has 0 spiro atoms. The van der Waals surface area contributed by atoms with Crippen LogP contribution in [-0.2, 0) is 4.74 Å². The summed E-state index contributed by atoms with van der Waals surface area (Å²) < 4.78 is 12.3. The monoisotopic (exact) mass is 243 g/mol. The lowest BCUT2D eigenvalue weighted by Gasteiger charge is -2.11. The first-order chi connectivity index (χ1) is 7.81. The fraction of sp³-hybridized carbons (Fsp3) is 0.500. The Labute approximate surface area is 94.8 Å². The number of ether oxygens (including phenoxy) is 1. The molecule has 16 heavy (non-hydrogen) atoms. The zero-order valence-electron chi connectivity index (χ0n) is 8.38. The van der Waals surface area contributed by atoms with Gasteiger partial charge in [0.2, 0.25) is 5.69 Å². The molecule has 0 atom stereocenters. The standard InChI is InChI=1S/C6H9N7O2S/c1-15-6(14)4-5(10-16-9-4)7-2-13-3-8-11-12-13/h2-3H2,1H3,(H,7,10)(H,8,12). The van der Waals surface area contributed by atoms with Crippen LogP contribution in [0.4, 0.5) is 5.82 Å². The maximum Gasteiger partial charge on any atom is 0.361 e.